The Bertz CT molecular complexity index is 501. The molecule has 0 radical (unpaired) electrons. The second-order valence-electron chi connectivity index (χ2n) is 5.01. The Morgan fingerprint density at radius 3 is 2.95 bits per heavy atom. The first kappa shape index (κ1) is 14.9. The standard InChI is InChI=1S/C13H20IN3O2/c1-4-9-11(14)13(18)16-12(15-9)10-7-17(8(2)3)5-6-19-10/h8,10H,4-7H2,1-3H3,(H,15,16,18). The number of H-pyrrole nitrogens is 1. The summed E-state index contributed by atoms with van der Waals surface area (Å²) in [6.45, 7) is 8.75. The molecule has 1 aromatic rings. The van der Waals surface area contributed by atoms with Crippen molar-refractivity contribution >= 4 is 22.6 Å². The van der Waals surface area contributed by atoms with Crippen LogP contribution < -0.4 is 5.56 Å². The second-order valence-corrected chi connectivity index (χ2v) is 6.09. The van der Waals surface area contributed by atoms with Gasteiger partial charge >= 0.3 is 0 Å². The number of aryl methyl sites for hydroxylation is 1. The van der Waals surface area contributed by atoms with Crippen LogP contribution in [0.2, 0.25) is 0 Å². The minimum absolute atomic E-state index is 0.0623. The first-order valence-corrected chi connectivity index (χ1v) is 7.75. The summed E-state index contributed by atoms with van der Waals surface area (Å²) in [5.41, 5.74) is 0.789. The number of hydrogen-bond acceptors (Lipinski definition) is 4. The summed E-state index contributed by atoms with van der Waals surface area (Å²) in [5.74, 6) is 0.660. The minimum atomic E-state index is -0.133. The van der Waals surface area contributed by atoms with Gasteiger partial charge in [0.05, 0.1) is 15.9 Å². The lowest BCUT2D eigenvalue weighted by atomic mass is 10.2. The highest BCUT2D eigenvalue weighted by Gasteiger charge is 2.26. The van der Waals surface area contributed by atoms with Gasteiger partial charge in [-0.1, -0.05) is 6.92 Å². The number of hydrogen-bond donors (Lipinski definition) is 1. The number of halogens is 1. The zero-order valence-electron chi connectivity index (χ0n) is 11.6. The molecule has 2 rings (SSSR count). The molecule has 0 aliphatic carbocycles. The number of nitrogens with one attached hydrogen (secondary N) is 1. The predicted molar refractivity (Wildman–Crippen MR) is 82.4 cm³/mol. The summed E-state index contributed by atoms with van der Waals surface area (Å²) < 4.78 is 6.44. The smallest absolute Gasteiger partial charge is 0.264 e. The van der Waals surface area contributed by atoms with Crippen LogP contribution >= 0.6 is 22.6 Å². The number of rotatable bonds is 3. The third kappa shape index (κ3) is 3.35. The molecule has 1 unspecified atom stereocenters. The first-order chi connectivity index (χ1) is 9.02. The van der Waals surface area contributed by atoms with E-state index in [1.807, 2.05) is 29.5 Å². The zero-order valence-corrected chi connectivity index (χ0v) is 13.7. The van der Waals surface area contributed by atoms with Crippen LogP contribution in [0, 0.1) is 3.57 Å². The third-order valence-corrected chi connectivity index (χ3v) is 4.53. The van der Waals surface area contributed by atoms with E-state index >= 15 is 0 Å². The average Bonchev–Trinajstić information content (AvgIpc) is 2.41. The quantitative estimate of drug-likeness (QED) is 0.816. The van der Waals surface area contributed by atoms with Gasteiger partial charge in [0.2, 0.25) is 0 Å². The molecule has 0 bridgehead atoms. The summed E-state index contributed by atoms with van der Waals surface area (Å²) >= 11 is 2.05. The van der Waals surface area contributed by atoms with Gasteiger partial charge in [0, 0.05) is 19.1 Å². The van der Waals surface area contributed by atoms with Gasteiger partial charge in [-0.05, 0) is 42.9 Å². The van der Waals surface area contributed by atoms with Crippen molar-refractivity contribution in [1.82, 2.24) is 14.9 Å². The van der Waals surface area contributed by atoms with Crippen LogP contribution in [0.3, 0.4) is 0 Å². The molecule has 1 N–H and O–H groups in total. The molecule has 1 atom stereocenters. The molecular weight excluding hydrogens is 357 g/mol. The van der Waals surface area contributed by atoms with Crippen LogP contribution in [0.1, 0.15) is 38.4 Å². The zero-order chi connectivity index (χ0) is 14.0. The van der Waals surface area contributed by atoms with E-state index in [9.17, 15) is 4.79 Å². The highest BCUT2D eigenvalue weighted by Crippen LogP contribution is 2.20. The summed E-state index contributed by atoms with van der Waals surface area (Å²) in [6, 6.07) is 0.479. The third-order valence-electron chi connectivity index (χ3n) is 3.42. The van der Waals surface area contributed by atoms with Crippen molar-refractivity contribution in [2.24, 2.45) is 0 Å². The highest BCUT2D eigenvalue weighted by molar-refractivity contribution is 14.1. The molecule has 1 aromatic heterocycles. The topological polar surface area (TPSA) is 58.2 Å². The summed E-state index contributed by atoms with van der Waals surface area (Å²) in [5, 5.41) is 0. The number of ether oxygens (including phenoxy) is 1. The molecule has 19 heavy (non-hydrogen) atoms. The predicted octanol–water partition coefficient (Wildman–Crippen LogP) is 1.72. The molecule has 1 fully saturated rings. The Hall–Kier alpha value is -0.470. The van der Waals surface area contributed by atoms with Crippen molar-refractivity contribution in [1.29, 1.82) is 0 Å². The SMILES string of the molecule is CCc1nc(C2CN(C(C)C)CCO2)[nH]c(=O)c1I. The Morgan fingerprint density at radius 1 is 1.58 bits per heavy atom. The van der Waals surface area contributed by atoms with Gasteiger partial charge < -0.3 is 9.72 Å². The lowest BCUT2D eigenvalue weighted by molar-refractivity contribution is -0.0444. The van der Waals surface area contributed by atoms with E-state index < -0.39 is 0 Å². The van der Waals surface area contributed by atoms with Crippen LogP contribution in [0.15, 0.2) is 4.79 Å². The monoisotopic (exact) mass is 377 g/mol. The summed E-state index contributed by atoms with van der Waals surface area (Å²) in [6.07, 6.45) is 0.627. The number of morpholine rings is 1. The van der Waals surface area contributed by atoms with Gasteiger partial charge in [0.15, 0.2) is 0 Å². The average molecular weight is 377 g/mol. The van der Waals surface area contributed by atoms with E-state index in [-0.39, 0.29) is 11.7 Å². The van der Waals surface area contributed by atoms with E-state index in [0.29, 0.717) is 22.0 Å². The van der Waals surface area contributed by atoms with E-state index in [2.05, 4.69) is 28.7 Å². The van der Waals surface area contributed by atoms with Gasteiger partial charge in [0.25, 0.3) is 5.56 Å². The first-order valence-electron chi connectivity index (χ1n) is 6.67. The van der Waals surface area contributed by atoms with Crippen LogP contribution in [0.4, 0.5) is 0 Å². The molecule has 6 heteroatoms. The van der Waals surface area contributed by atoms with Crippen molar-refractivity contribution in [3.63, 3.8) is 0 Å². The Kier molecular flexibility index (Phi) is 4.97. The largest absolute Gasteiger partial charge is 0.368 e. The molecule has 0 amide bonds. The van der Waals surface area contributed by atoms with Crippen molar-refractivity contribution in [3.05, 3.63) is 25.4 Å². The van der Waals surface area contributed by atoms with E-state index in [1.54, 1.807) is 0 Å². The maximum Gasteiger partial charge on any atom is 0.264 e. The van der Waals surface area contributed by atoms with Crippen molar-refractivity contribution in [3.8, 4) is 0 Å². The minimum Gasteiger partial charge on any atom is -0.368 e. The van der Waals surface area contributed by atoms with Crippen molar-refractivity contribution in [2.45, 2.75) is 39.3 Å². The molecule has 1 aliphatic rings. The van der Waals surface area contributed by atoms with Crippen LogP contribution in [0.5, 0.6) is 0 Å². The summed E-state index contributed by atoms with van der Waals surface area (Å²) in [4.78, 5) is 21.7. The summed E-state index contributed by atoms with van der Waals surface area (Å²) in [7, 11) is 0. The Morgan fingerprint density at radius 2 is 2.32 bits per heavy atom. The van der Waals surface area contributed by atoms with Gasteiger partial charge in [-0.25, -0.2) is 4.98 Å². The lowest BCUT2D eigenvalue weighted by Crippen LogP contribution is -2.43. The number of aromatic amines is 1. The second kappa shape index (κ2) is 6.32. The lowest BCUT2D eigenvalue weighted by Gasteiger charge is -2.35. The van der Waals surface area contributed by atoms with Crippen LogP contribution in [-0.4, -0.2) is 40.6 Å². The molecule has 106 valence electrons. The fourth-order valence-electron chi connectivity index (χ4n) is 2.22. The van der Waals surface area contributed by atoms with Crippen LogP contribution in [-0.2, 0) is 11.2 Å². The molecule has 1 aliphatic heterocycles. The molecule has 2 heterocycles. The van der Waals surface area contributed by atoms with E-state index in [0.717, 1.165) is 25.2 Å². The molecule has 5 nitrogen and oxygen atoms in total. The molecule has 0 saturated carbocycles. The Balaban J connectivity index is 2.26. The molecular formula is C13H20IN3O2. The maximum absolute atomic E-state index is 11.9. The van der Waals surface area contributed by atoms with Gasteiger partial charge in [-0.3, -0.25) is 9.69 Å². The van der Waals surface area contributed by atoms with Gasteiger partial charge in [-0.2, -0.15) is 0 Å². The molecule has 0 aromatic carbocycles. The van der Waals surface area contributed by atoms with E-state index in [1.165, 1.54) is 0 Å². The fourth-order valence-corrected chi connectivity index (χ4v) is 2.85. The number of nitrogens with zero attached hydrogens (tertiary/aromatic N) is 2. The van der Waals surface area contributed by atoms with Crippen molar-refractivity contribution < 1.29 is 4.74 Å². The molecule has 1 saturated heterocycles. The molecule has 0 spiro atoms. The van der Waals surface area contributed by atoms with Crippen LogP contribution in [0.25, 0.3) is 0 Å². The van der Waals surface area contributed by atoms with E-state index in [4.69, 9.17) is 4.74 Å². The van der Waals surface area contributed by atoms with Gasteiger partial charge in [0.1, 0.15) is 11.9 Å². The maximum atomic E-state index is 11.9. The number of aromatic nitrogens is 2. The highest BCUT2D eigenvalue weighted by atomic mass is 127. The van der Waals surface area contributed by atoms with Crippen molar-refractivity contribution in [2.75, 3.05) is 19.7 Å². The Labute approximate surface area is 126 Å². The fraction of sp³-hybridized carbons (Fsp3) is 0.692. The van der Waals surface area contributed by atoms with Gasteiger partial charge in [-0.15, -0.1) is 0 Å². The normalized spacial score (nSPS) is 21.0.